The van der Waals surface area contributed by atoms with Crippen LogP contribution in [0.1, 0.15) is 38.0 Å². The minimum Gasteiger partial charge on any atom is -0.468 e. The molecule has 0 amide bonds. The molecule has 0 radical (unpaired) electrons. The Labute approximate surface area is 144 Å². The molecule has 0 spiro atoms. The van der Waals surface area contributed by atoms with Gasteiger partial charge in [0.15, 0.2) is 5.96 Å². The lowest BCUT2D eigenvalue weighted by Crippen LogP contribution is -2.45. The number of rotatable bonds is 7. The Hall–Kier alpha value is -1.14. The Morgan fingerprint density at radius 2 is 2.04 bits per heavy atom. The third-order valence-electron chi connectivity index (χ3n) is 4.35. The van der Waals surface area contributed by atoms with Crippen LogP contribution >= 0.6 is 11.8 Å². The summed E-state index contributed by atoms with van der Waals surface area (Å²) in [6.45, 7) is 6.21. The zero-order chi connectivity index (χ0) is 16.5. The molecular weight excluding hydrogens is 308 g/mol. The van der Waals surface area contributed by atoms with Crippen molar-refractivity contribution in [2.24, 2.45) is 4.99 Å². The van der Waals surface area contributed by atoms with E-state index in [1.54, 1.807) is 6.26 Å². The van der Waals surface area contributed by atoms with E-state index in [1.165, 1.54) is 19.3 Å². The van der Waals surface area contributed by atoms with Crippen molar-refractivity contribution < 1.29 is 4.42 Å². The lowest BCUT2D eigenvalue weighted by Gasteiger charge is -2.33. The van der Waals surface area contributed by atoms with Crippen LogP contribution in [0.3, 0.4) is 0 Å². The lowest BCUT2D eigenvalue weighted by molar-refractivity contribution is 0.146. The third kappa shape index (κ3) is 5.77. The molecule has 1 aliphatic heterocycles. The normalized spacial score (nSPS) is 19.3. The SMILES string of the molecule is CN=C(NCC(C)SC)NCC(c1ccco1)N1CCCCC1. The van der Waals surface area contributed by atoms with Gasteiger partial charge >= 0.3 is 0 Å². The van der Waals surface area contributed by atoms with Gasteiger partial charge < -0.3 is 15.1 Å². The molecule has 23 heavy (non-hydrogen) atoms. The number of piperidine rings is 1. The van der Waals surface area contributed by atoms with Crippen LogP contribution in [0.5, 0.6) is 0 Å². The highest BCUT2D eigenvalue weighted by molar-refractivity contribution is 7.99. The van der Waals surface area contributed by atoms with E-state index in [4.69, 9.17) is 4.42 Å². The Kier molecular flexibility index (Phi) is 7.82. The summed E-state index contributed by atoms with van der Waals surface area (Å²) in [5.41, 5.74) is 0. The van der Waals surface area contributed by atoms with E-state index in [9.17, 15) is 0 Å². The van der Waals surface area contributed by atoms with Crippen LogP contribution < -0.4 is 10.6 Å². The maximum atomic E-state index is 5.69. The summed E-state index contributed by atoms with van der Waals surface area (Å²) in [7, 11) is 1.82. The quantitative estimate of drug-likeness (QED) is 0.591. The van der Waals surface area contributed by atoms with Crippen molar-refractivity contribution in [3.63, 3.8) is 0 Å². The maximum absolute atomic E-state index is 5.69. The molecule has 2 atom stereocenters. The van der Waals surface area contributed by atoms with Gasteiger partial charge in [0.1, 0.15) is 5.76 Å². The van der Waals surface area contributed by atoms with Gasteiger partial charge in [-0.1, -0.05) is 13.3 Å². The highest BCUT2D eigenvalue weighted by Crippen LogP contribution is 2.24. The van der Waals surface area contributed by atoms with Crippen LogP contribution in [0.15, 0.2) is 27.8 Å². The molecule has 0 bridgehead atoms. The molecule has 2 heterocycles. The number of nitrogens with zero attached hydrogens (tertiary/aromatic N) is 2. The van der Waals surface area contributed by atoms with E-state index in [1.807, 2.05) is 24.9 Å². The lowest BCUT2D eigenvalue weighted by atomic mass is 10.1. The molecule has 130 valence electrons. The molecule has 2 unspecified atom stereocenters. The van der Waals surface area contributed by atoms with Crippen molar-refractivity contribution in [1.82, 2.24) is 15.5 Å². The minimum absolute atomic E-state index is 0.266. The molecule has 6 heteroatoms. The summed E-state index contributed by atoms with van der Waals surface area (Å²) in [6, 6.07) is 4.31. The van der Waals surface area contributed by atoms with Crippen LogP contribution in [0, 0.1) is 0 Å². The largest absolute Gasteiger partial charge is 0.468 e. The Bertz CT molecular complexity index is 457. The summed E-state index contributed by atoms with van der Waals surface area (Å²) in [5.74, 6) is 1.90. The summed E-state index contributed by atoms with van der Waals surface area (Å²) in [6.07, 6.45) is 7.78. The van der Waals surface area contributed by atoms with Gasteiger partial charge in [0.25, 0.3) is 0 Å². The van der Waals surface area contributed by atoms with Crippen molar-refractivity contribution in [1.29, 1.82) is 0 Å². The predicted molar refractivity (Wildman–Crippen MR) is 99.2 cm³/mol. The fourth-order valence-corrected chi connectivity index (χ4v) is 3.11. The zero-order valence-corrected chi connectivity index (χ0v) is 15.4. The van der Waals surface area contributed by atoms with Gasteiger partial charge in [-0.25, -0.2) is 0 Å². The third-order valence-corrected chi connectivity index (χ3v) is 5.32. The summed E-state index contributed by atoms with van der Waals surface area (Å²) >= 11 is 1.85. The van der Waals surface area contributed by atoms with Gasteiger partial charge in [0, 0.05) is 25.4 Å². The monoisotopic (exact) mass is 338 g/mol. The molecule has 1 aliphatic rings. The van der Waals surface area contributed by atoms with Gasteiger partial charge in [-0.15, -0.1) is 0 Å². The average Bonchev–Trinajstić information content (AvgIpc) is 3.12. The van der Waals surface area contributed by atoms with E-state index in [2.05, 4.69) is 39.8 Å². The first-order chi connectivity index (χ1) is 11.2. The number of guanidine groups is 1. The standard InChI is InChI=1S/C17H30N4OS/c1-14(23-3)12-19-17(18-2)20-13-15(16-8-7-11-22-16)21-9-5-4-6-10-21/h7-8,11,14-15H,4-6,9-10,12-13H2,1-3H3,(H2,18,19,20). The van der Waals surface area contributed by atoms with Gasteiger partial charge in [-0.3, -0.25) is 9.89 Å². The number of aliphatic imine (C=N–C) groups is 1. The van der Waals surface area contributed by atoms with E-state index in [-0.39, 0.29) is 6.04 Å². The van der Waals surface area contributed by atoms with Crippen LogP contribution in [-0.2, 0) is 0 Å². The average molecular weight is 339 g/mol. The molecule has 1 aromatic heterocycles. The molecule has 5 nitrogen and oxygen atoms in total. The maximum Gasteiger partial charge on any atom is 0.191 e. The van der Waals surface area contributed by atoms with E-state index >= 15 is 0 Å². The number of furan rings is 1. The molecule has 0 saturated carbocycles. The van der Waals surface area contributed by atoms with Crippen molar-refractivity contribution in [3.05, 3.63) is 24.2 Å². The second-order valence-electron chi connectivity index (χ2n) is 6.01. The molecule has 0 aromatic carbocycles. The molecule has 1 aromatic rings. The number of nitrogens with one attached hydrogen (secondary N) is 2. The minimum atomic E-state index is 0.266. The Balaban J connectivity index is 1.92. The van der Waals surface area contributed by atoms with Gasteiger partial charge in [-0.05, 0) is 44.3 Å². The fraction of sp³-hybridized carbons (Fsp3) is 0.706. The summed E-state index contributed by atoms with van der Waals surface area (Å²) in [5, 5.41) is 7.42. The molecule has 1 fully saturated rings. The molecular formula is C17H30N4OS. The molecule has 0 aliphatic carbocycles. The van der Waals surface area contributed by atoms with Gasteiger partial charge in [0.05, 0.1) is 12.3 Å². The smallest absolute Gasteiger partial charge is 0.191 e. The second-order valence-corrected chi connectivity index (χ2v) is 7.28. The number of hydrogen-bond acceptors (Lipinski definition) is 4. The fourth-order valence-electron chi connectivity index (χ4n) is 2.86. The zero-order valence-electron chi connectivity index (χ0n) is 14.5. The Morgan fingerprint density at radius 3 is 2.65 bits per heavy atom. The highest BCUT2D eigenvalue weighted by Gasteiger charge is 2.24. The first-order valence-corrected chi connectivity index (χ1v) is 9.78. The van der Waals surface area contributed by atoms with Crippen molar-refractivity contribution in [3.8, 4) is 0 Å². The van der Waals surface area contributed by atoms with Crippen molar-refractivity contribution >= 4 is 17.7 Å². The second kappa shape index (κ2) is 9.88. The Morgan fingerprint density at radius 1 is 1.30 bits per heavy atom. The van der Waals surface area contributed by atoms with Crippen LogP contribution in [0.4, 0.5) is 0 Å². The topological polar surface area (TPSA) is 52.8 Å². The van der Waals surface area contributed by atoms with Crippen LogP contribution in [-0.4, -0.2) is 55.6 Å². The number of thioether (sulfide) groups is 1. The number of likely N-dealkylation sites (tertiary alicyclic amines) is 1. The summed E-state index contributed by atoms with van der Waals surface area (Å²) < 4.78 is 5.69. The predicted octanol–water partition coefficient (Wildman–Crippen LogP) is 2.72. The van der Waals surface area contributed by atoms with E-state index in [0.29, 0.717) is 5.25 Å². The van der Waals surface area contributed by atoms with Crippen LogP contribution in [0.2, 0.25) is 0 Å². The number of hydrogen-bond donors (Lipinski definition) is 2. The van der Waals surface area contributed by atoms with Crippen molar-refractivity contribution in [2.45, 2.75) is 37.5 Å². The first-order valence-electron chi connectivity index (χ1n) is 8.49. The van der Waals surface area contributed by atoms with Gasteiger partial charge in [0.2, 0.25) is 0 Å². The van der Waals surface area contributed by atoms with E-state index in [0.717, 1.165) is 37.9 Å². The van der Waals surface area contributed by atoms with Crippen LogP contribution in [0.25, 0.3) is 0 Å². The van der Waals surface area contributed by atoms with Gasteiger partial charge in [-0.2, -0.15) is 11.8 Å². The van der Waals surface area contributed by atoms with Crippen molar-refractivity contribution in [2.75, 3.05) is 39.5 Å². The molecule has 2 N–H and O–H groups in total. The van der Waals surface area contributed by atoms with E-state index < -0.39 is 0 Å². The molecule has 2 rings (SSSR count). The summed E-state index contributed by atoms with van der Waals surface area (Å²) in [4.78, 5) is 6.85. The highest BCUT2D eigenvalue weighted by atomic mass is 32.2. The first kappa shape index (κ1) is 18.2. The molecule has 1 saturated heterocycles.